The molecule has 166 valence electrons. The maximum absolute atomic E-state index is 14.6. The molecule has 1 saturated heterocycles. The van der Waals surface area contributed by atoms with Gasteiger partial charge < -0.3 is 19.9 Å². The number of nitrogens with zero attached hydrogens (tertiary/aromatic N) is 5. The molecule has 1 aliphatic heterocycles. The molecule has 1 aliphatic carbocycles. The second-order valence-corrected chi connectivity index (χ2v) is 9.25. The van der Waals surface area contributed by atoms with Crippen LogP contribution < -0.4 is 15.5 Å². The summed E-state index contributed by atoms with van der Waals surface area (Å²) in [4.78, 5) is 6.59. The van der Waals surface area contributed by atoms with Gasteiger partial charge in [0, 0.05) is 56.9 Å². The van der Waals surface area contributed by atoms with Crippen molar-refractivity contribution in [1.29, 1.82) is 0 Å². The van der Waals surface area contributed by atoms with Crippen molar-refractivity contribution in [1.82, 2.24) is 24.5 Å². The Bertz CT molecular complexity index is 1320. The molecular formula is C23H25ClFN7. The monoisotopic (exact) mass is 453 g/mol. The third kappa shape index (κ3) is 3.57. The average molecular weight is 454 g/mol. The van der Waals surface area contributed by atoms with Crippen LogP contribution in [-0.2, 0) is 6.54 Å². The molecule has 32 heavy (non-hydrogen) atoms. The lowest BCUT2D eigenvalue weighted by Crippen LogP contribution is -2.43. The molecule has 0 radical (unpaired) electrons. The predicted molar refractivity (Wildman–Crippen MR) is 126 cm³/mol. The summed E-state index contributed by atoms with van der Waals surface area (Å²) in [6, 6.07) is 5.67. The first kappa shape index (κ1) is 19.8. The molecule has 2 fully saturated rings. The molecular weight excluding hydrogens is 429 g/mol. The van der Waals surface area contributed by atoms with E-state index in [-0.39, 0.29) is 5.82 Å². The maximum atomic E-state index is 14.6. The van der Waals surface area contributed by atoms with E-state index >= 15 is 0 Å². The Morgan fingerprint density at radius 1 is 1.19 bits per heavy atom. The molecule has 2 aliphatic rings. The first-order valence-electron chi connectivity index (χ1n) is 11.1. The van der Waals surface area contributed by atoms with Crippen molar-refractivity contribution in [3.63, 3.8) is 0 Å². The first-order valence-corrected chi connectivity index (χ1v) is 11.5. The minimum Gasteiger partial charge on any atom is -0.369 e. The molecule has 1 saturated carbocycles. The van der Waals surface area contributed by atoms with Gasteiger partial charge in [-0.25, -0.2) is 9.37 Å². The zero-order valence-corrected chi connectivity index (χ0v) is 18.7. The van der Waals surface area contributed by atoms with Gasteiger partial charge in [-0.1, -0.05) is 11.6 Å². The van der Waals surface area contributed by atoms with Crippen LogP contribution in [0.25, 0.3) is 16.6 Å². The zero-order valence-electron chi connectivity index (χ0n) is 17.9. The van der Waals surface area contributed by atoms with Crippen LogP contribution in [0.3, 0.4) is 0 Å². The molecule has 0 unspecified atom stereocenters. The number of piperazine rings is 1. The second kappa shape index (κ2) is 7.64. The van der Waals surface area contributed by atoms with Gasteiger partial charge in [0.2, 0.25) is 0 Å². The van der Waals surface area contributed by atoms with Gasteiger partial charge in [-0.05, 0) is 37.8 Å². The summed E-state index contributed by atoms with van der Waals surface area (Å²) in [7, 11) is 0. The van der Waals surface area contributed by atoms with E-state index < -0.39 is 0 Å². The number of hydrogen-bond donors (Lipinski definition) is 2. The summed E-state index contributed by atoms with van der Waals surface area (Å²) in [5, 5.41) is 13.1. The number of rotatable bonds is 5. The van der Waals surface area contributed by atoms with E-state index in [0.29, 0.717) is 28.1 Å². The van der Waals surface area contributed by atoms with Crippen LogP contribution in [0.1, 0.15) is 18.5 Å². The van der Waals surface area contributed by atoms with Gasteiger partial charge in [0.05, 0.1) is 27.3 Å². The minimum atomic E-state index is -0.378. The van der Waals surface area contributed by atoms with Gasteiger partial charge in [0.1, 0.15) is 0 Å². The highest BCUT2D eigenvalue weighted by molar-refractivity contribution is 6.37. The Morgan fingerprint density at radius 2 is 2.00 bits per heavy atom. The van der Waals surface area contributed by atoms with Crippen molar-refractivity contribution in [3.05, 3.63) is 47.1 Å². The van der Waals surface area contributed by atoms with Crippen LogP contribution in [0.2, 0.25) is 5.02 Å². The number of anilines is 3. The van der Waals surface area contributed by atoms with Gasteiger partial charge in [0.25, 0.3) is 0 Å². The highest BCUT2D eigenvalue weighted by atomic mass is 35.5. The van der Waals surface area contributed by atoms with E-state index in [1.165, 1.54) is 18.9 Å². The molecule has 0 bridgehead atoms. The van der Waals surface area contributed by atoms with E-state index in [1.807, 2.05) is 19.2 Å². The van der Waals surface area contributed by atoms with Crippen LogP contribution in [0, 0.1) is 18.7 Å². The zero-order chi connectivity index (χ0) is 21.8. The molecule has 0 amide bonds. The lowest BCUT2D eigenvalue weighted by Gasteiger charge is -2.29. The highest BCUT2D eigenvalue weighted by Gasteiger charge is 2.25. The Hall–Kier alpha value is -2.84. The fourth-order valence-electron chi connectivity index (χ4n) is 4.50. The predicted octanol–water partition coefficient (Wildman–Crippen LogP) is 4.35. The molecule has 4 heterocycles. The number of aromatic nitrogens is 4. The molecule has 0 atom stereocenters. The molecule has 6 rings (SSSR count). The summed E-state index contributed by atoms with van der Waals surface area (Å²) >= 11 is 6.82. The molecule has 3 aromatic heterocycles. The maximum Gasteiger partial charge on any atom is 0.173 e. The standard InChI is InChI=1S/C23H25ClFN7/c1-14-11-31-13-16(8-19(25)23(31)27-14)28-22-21-18(24)9-17(30-6-4-26-5-7-30)10-20(21)32(29-22)12-15-2-3-15/h8-11,13,15,26H,2-7,12H2,1H3,(H,28,29). The number of aryl methyl sites for hydroxylation is 1. The average Bonchev–Trinajstić information content (AvgIpc) is 3.41. The molecule has 2 N–H and O–H groups in total. The summed E-state index contributed by atoms with van der Waals surface area (Å²) in [5.74, 6) is 0.931. The lowest BCUT2D eigenvalue weighted by molar-refractivity contribution is 0.580. The van der Waals surface area contributed by atoms with Crippen molar-refractivity contribution in [3.8, 4) is 0 Å². The lowest BCUT2D eigenvalue weighted by atomic mass is 10.2. The number of pyridine rings is 1. The Kier molecular flexibility index (Phi) is 4.73. The first-order chi connectivity index (χ1) is 15.5. The van der Waals surface area contributed by atoms with Crippen LogP contribution in [-0.4, -0.2) is 45.3 Å². The summed E-state index contributed by atoms with van der Waals surface area (Å²) in [5.41, 5.74) is 3.82. The summed E-state index contributed by atoms with van der Waals surface area (Å²) < 4.78 is 18.4. The van der Waals surface area contributed by atoms with E-state index in [4.69, 9.17) is 16.7 Å². The fraction of sp³-hybridized carbons (Fsp3) is 0.391. The smallest absolute Gasteiger partial charge is 0.173 e. The summed E-state index contributed by atoms with van der Waals surface area (Å²) in [6.45, 7) is 6.55. The van der Waals surface area contributed by atoms with Gasteiger partial charge in [-0.2, -0.15) is 5.10 Å². The van der Waals surface area contributed by atoms with Gasteiger partial charge >= 0.3 is 0 Å². The van der Waals surface area contributed by atoms with Gasteiger partial charge in [-0.3, -0.25) is 4.68 Å². The van der Waals surface area contributed by atoms with Crippen LogP contribution in [0.5, 0.6) is 0 Å². The SMILES string of the molecule is Cc1cn2cc(Nc3nn(CC4CC4)c4cc(N5CCNCC5)cc(Cl)c34)cc(F)c2n1. The largest absolute Gasteiger partial charge is 0.369 e. The normalized spacial score (nSPS) is 16.9. The third-order valence-corrected chi connectivity index (χ3v) is 6.59. The number of hydrogen-bond acceptors (Lipinski definition) is 5. The number of halogens is 2. The molecule has 0 spiro atoms. The van der Waals surface area contributed by atoms with Crippen molar-refractivity contribution in [2.24, 2.45) is 5.92 Å². The van der Waals surface area contributed by atoms with Crippen LogP contribution in [0.15, 0.2) is 30.6 Å². The Labute approximate surface area is 190 Å². The van der Waals surface area contributed by atoms with Crippen molar-refractivity contribution in [2.75, 3.05) is 36.4 Å². The fourth-order valence-corrected chi connectivity index (χ4v) is 4.80. The third-order valence-electron chi connectivity index (χ3n) is 6.29. The van der Waals surface area contributed by atoms with Gasteiger partial charge in [-0.15, -0.1) is 0 Å². The Morgan fingerprint density at radius 3 is 2.78 bits per heavy atom. The number of fused-ring (bicyclic) bond motifs is 2. The number of nitrogens with one attached hydrogen (secondary N) is 2. The minimum absolute atomic E-state index is 0.316. The van der Waals surface area contributed by atoms with E-state index in [2.05, 4.69) is 31.3 Å². The van der Waals surface area contributed by atoms with E-state index in [0.717, 1.165) is 55.0 Å². The van der Waals surface area contributed by atoms with Crippen molar-refractivity contribution < 1.29 is 4.39 Å². The van der Waals surface area contributed by atoms with Crippen LogP contribution in [0.4, 0.5) is 21.6 Å². The molecule has 9 heteroatoms. The Balaban J connectivity index is 1.43. The second-order valence-electron chi connectivity index (χ2n) is 8.85. The van der Waals surface area contributed by atoms with Crippen LogP contribution >= 0.6 is 11.6 Å². The highest BCUT2D eigenvalue weighted by Crippen LogP contribution is 2.38. The number of benzene rings is 1. The topological polar surface area (TPSA) is 62.4 Å². The molecule has 7 nitrogen and oxygen atoms in total. The van der Waals surface area contributed by atoms with E-state index in [1.54, 1.807) is 10.6 Å². The molecule has 1 aromatic carbocycles. The molecule has 4 aromatic rings. The van der Waals surface area contributed by atoms with Gasteiger partial charge in [0.15, 0.2) is 17.3 Å². The number of imidazole rings is 1. The van der Waals surface area contributed by atoms with Crippen molar-refractivity contribution in [2.45, 2.75) is 26.3 Å². The van der Waals surface area contributed by atoms with Crippen molar-refractivity contribution >= 4 is 45.3 Å². The van der Waals surface area contributed by atoms with E-state index in [9.17, 15) is 4.39 Å². The summed E-state index contributed by atoms with van der Waals surface area (Å²) in [6.07, 6.45) is 6.10. The quantitative estimate of drug-likeness (QED) is 0.470.